The van der Waals surface area contributed by atoms with Crippen molar-refractivity contribution in [2.24, 2.45) is 0 Å². The summed E-state index contributed by atoms with van der Waals surface area (Å²) in [5, 5.41) is 3.70. The maximum Gasteiger partial charge on any atom is 0.247 e. The molecule has 200 valence electrons. The minimum Gasteiger partial charge on any atom is -0.497 e. The van der Waals surface area contributed by atoms with Crippen LogP contribution in [0.25, 0.3) is 0 Å². The average molecular weight is 536 g/mol. The molecular formula is C30H34ClN3O4. The maximum atomic E-state index is 13.8. The molecule has 1 saturated heterocycles. The van der Waals surface area contributed by atoms with Crippen molar-refractivity contribution in [2.75, 3.05) is 46.5 Å². The highest BCUT2D eigenvalue weighted by molar-refractivity contribution is 6.30. The van der Waals surface area contributed by atoms with Gasteiger partial charge in [0.25, 0.3) is 0 Å². The van der Waals surface area contributed by atoms with Crippen molar-refractivity contribution in [3.05, 3.63) is 101 Å². The van der Waals surface area contributed by atoms with Gasteiger partial charge in [0.1, 0.15) is 11.8 Å². The van der Waals surface area contributed by atoms with Gasteiger partial charge < -0.3 is 19.7 Å². The molecule has 0 aliphatic carbocycles. The van der Waals surface area contributed by atoms with Crippen LogP contribution in [0.1, 0.15) is 22.7 Å². The van der Waals surface area contributed by atoms with E-state index in [1.54, 1.807) is 24.1 Å². The molecule has 1 heterocycles. The highest BCUT2D eigenvalue weighted by atomic mass is 35.5. The van der Waals surface area contributed by atoms with Crippen LogP contribution in [0, 0.1) is 0 Å². The largest absolute Gasteiger partial charge is 0.497 e. The van der Waals surface area contributed by atoms with Crippen LogP contribution in [-0.4, -0.2) is 68.1 Å². The maximum absolute atomic E-state index is 13.8. The van der Waals surface area contributed by atoms with Gasteiger partial charge in [0.2, 0.25) is 11.8 Å². The Morgan fingerprint density at radius 3 is 2.29 bits per heavy atom. The Morgan fingerprint density at radius 1 is 0.974 bits per heavy atom. The summed E-state index contributed by atoms with van der Waals surface area (Å²) in [6.07, 6.45) is 0.151. The first-order chi connectivity index (χ1) is 18.5. The number of ether oxygens (including phenoxy) is 2. The number of hydrogen-bond acceptors (Lipinski definition) is 5. The summed E-state index contributed by atoms with van der Waals surface area (Å²) < 4.78 is 10.7. The lowest BCUT2D eigenvalue weighted by Crippen LogP contribution is -2.46. The van der Waals surface area contributed by atoms with E-state index in [-0.39, 0.29) is 24.8 Å². The molecule has 0 unspecified atom stereocenters. The molecule has 38 heavy (non-hydrogen) atoms. The average Bonchev–Trinajstić information content (AvgIpc) is 2.95. The second-order valence-corrected chi connectivity index (χ2v) is 9.67. The summed E-state index contributed by atoms with van der Waals surface area (Å²) >= 11 is 6.05. The quantitative estimate of drug-likeness (QED) is 0.400. The van der Waals surface area contributed by atoms with Crippen LogP contribution in [0.3, 0.4) is 0 Å². The molecule has 0 radical (unpaired) electrons. The summed E-state index contributed by atoms with van der Waals surface area (Å²) in [6.45, 7) is 4.59. The van der Waals surface area contributed by atoms with Crippen molar-refractivity contribution >= 4 is 23.4 Å². The van der Waals surface area contributed by atoms with Gasteiger partial charge in [-0.1, -0.05) is 66.2 Å². The summed E-state index contributed by atoms with van der Waals surface area (Å²) in [7, 11) is 1.61. The van der Waals surface area contributed by atoms with E-state index in [4.69, 9.17) is 21.1 Å². The first-order valence-electron chi connectivity index (χ1n) is 12.8. The summed E-state index contributed by atoms with van der Waals surface area (Å²) in [4.78, 5) is 31.5. The molecule has 1 N–H and O–H groups in total. The van der Waals surface area contributed by atoms with Gasteiger partial charge in [0.05, 0.1) is 26.7 Å². The molecule has 4 rings (SSSR count). The third kappa shape index (κ3) is 7.81. The van der Waals surface area contributed by atoms with Gasteiger partial charge in [-0.2, -0.15) is 0 Å². The number of hydrogen-bond donors (Lipinski definition) is 1. The first kappa shape index (κ1) is 27.6. The van der Waals surface area contributed by atoms with Crippen LogP contribution < -0.4 is 10.1 Å². The topological polar surface area (TPSA) is 71.1 Å². The molecule has 1 atom stereocenters. The predicted molar refractivity (Wildman–Crippen MR) is 148 cm³/mol. The standard InChI is InChI=1S/C30H34ClN3O4/c1-37-27-13-9-24(10-14-27)22-34(28(35)21-23-7-11-26(31)12-8-23)29(25-5-3-2-4-6-25)30(36)32-15-16-33-17-19-38-20-18-33/h2-14,29H,15-22H2,1H3,(H,32,36)/t29-/m0/s1. The van der Waals surface area contributed by atoms with Crippen molar-refractivity contribution in [3.8, 4) is 5.75 Å². The van der Waals surface area contributed by atoms with Crippen LogP contribution in [0.2, 0.25) is 5.02 Å². The molecular weight excluding hydrogens is 502 g/mol. The second-order valence-electron chi connectivity index (χ2n) is 9.23. The minimum atomic E-state index is -0.789. The molecule has 0 bridgehead atoms. The van der Waals surface area contributed by atoms with Gasteiger partial charge in [-0.15, -0.1) is 0 Å². The number of nitrogens with one attached hydrogen (secondary N) is 1. The molecule has 0 spiro atoms. The molecule has 7 nitrogen and oxygen atoms in total. The summed E-state index contributed by atoms with van der Waals surface area (Å²) in [5.74, 6) is 0.371. The molecule has 3 aromatic carbocycles. The van der Waals surface area contributed by atoms with E-state index in [1.165, 1.54) is 0 Å². The third-order valence-corrected chi connectivity index (χ3v) is 6.86. The van der Waals surface area contributed by atoms with E-state index in [2.05, 4.69) is 10.2 Å². The molecule has 3 aromatic rings. The van der Waals surface area contributed by atoms with E-state index >= 15 is 0 Å². The van der Waals surface area contributed by atoms with Gasteiger partial charge in [-0.25, -0.2) is 0 Å². The van der Waals surface area contributed by atoms with Crippen molar-refractivity contribution in [1.82, 2.24) is 15.1 Å². The normalized spacial score (nSPS) is 14.5. The molecule has 8 heteroatoms. The second kappa shape index (κ2) is 14.0. The number of halogens is 1. The fraction of sp³-hybridized carbons (Fsp3) is 0.333. The zero-order valence-electron chi connectivity index (χ0n) is 21.6. The van der Waals surface area contributed by atoms with Gasteiger partial charge in [0.15, 0.2) is 0 Å². The van der Waals surface area contributed by atoms with Gasteiger partial charge in [-0.3, -0.25) is 14.5 Å². The molecule has 0 saturated carbocycles. The summed E-state index contributed by atoms with van der Waals surface area (Å²) in [5.41, 5.74) is 2.49. The Kier molecular flexibility index (Phi) is 10.1. The highest BCUT2D eigenvalue weighted by Gasteiger charge is 2.31. The van der Waals surface area contributed by atoms with Crippen molar-refractivity contribution in [1.29, 1.82) is 0 Å². The van der Waals surface area contributed by atoms with Gasteiger partial charge in [-0.05, 0) is 41.0 Å². The Labute approximate surface area is 229 Å². The van der Waals surface area contributed by atoms with E-state index in [9.17, 15) is 9.59 Å². The van der Waals surface area contributed by atoms with Crippen LogP contribution in [-0.2, 0) is 27.3 Å². The third-order valence-electron chi connectivity index (χ3n) is 6.61. The number of nitrogens with zero attached hydrogens (tertiary/aromatic N) is 2. The number of benzene rings is 3. The van der Waals surface area contributed by atoms with E-state index in [1.807, 2.05) is 66.7 Å². The number of morpholine rings is 1. The van der Waals surface area contributed by atoms with Crippen molar-refractivity contribution in [3.63, 3.8) is 0 Å². The Bertz CT molecular complexity index is 1170. The Balaban J connectivity index is 1.59. The Hall–Kier alpha value is -3.39. The highest BCUT2D eigenvalue weighted by Crippen LogP contribution is 2.26. The molecule has 1 aliphatic heterocycles. The first-order valence-corrected chi connectivity index (χ1v) is 13.2. The fourth-order valence-electron chi connectivity index (χ4n) is 4.50. The SMILES string of the molecule is COc1ccc(CN(C(=O)Cc2ccc(Cl)cc2)[C@H](C(=O)NCCN2CCOCC2)c2ccccc2)cc1. The smallest absolute Gasteiger partial charge is 0.247 e. The van der Waals surface area contributed by atoms with E-state index in [0.29, 0.717) is 24.8 Å². The number of carbonyl (C=O) groups is 2. The van der Waals surface area contributed by atoms with Crippen LogP contribution >= 0.6 is 11.6 Å². The molecule has 1 aliphatic rings. The lowest BCUT2D eigenvalue weighted by molar-refractivity contribution is -0.141. The van der Waals surface area contributed by atoms with Crippen molar-refractivity contribution < 1.29 is 19.1 Å². The Morgan fingerprint density at radius 2 is 1.63 bits per heavy atom. The zero-order chi connectivity index (χ0) is 26.7. The number of amides is 2. The number of methoxy groups -OCH3 is 1. The van der Waals surface area contributed by atoms with E-state index in [0.717, 1.165) is 42.1 Å². The predicted octanol–water partition coefficient (Wildman–Crippen LogP) is 4.11. The van der Waals surface area contributed by atoms with Crippen LogP contribution in [0.4, 0.5) is 0 Å². The van der Waals surface area contributed by atoms with Crippen LogP contribution in [0.5, 0.6) is 5.75 Å². The minimum absolute atomic E-state index is 0.151. The molecule has 1 fully saturated rings. The lowest BCUT2D eigenvalue weighted by Gasteiger charge is -2.32. The monoisotopic (exact) mass is 535 g/mol. The van der Waals surface area contributed by atoms with Gasteiger partial charge >= 0.3 is 0 Å². The van der Waals surface area contributed by atoms with E-state index < -0.39 is 6.04 Å². The zero-order valence-corrected chi connectivity index (χ0v) is 22.4. The van der Waals surface area contributed by atoms with Crippen molar-refractivity contribution in [2.45, 2.75) is 19.0 Å². The number of rotatable bonds is 11. The fourth-order valence-corrected chi connectivity index (χ4v) is 4.62. The molecule has 2 amide bonds. The van der Waals surface area contributed by atoms with Gasteiger partial charge in [0, 0.05) is 37.7 Å². The lowest BCUT2D eigenvalue weighted by atomic mass is 10.0. The number of carbonyl (C=O) groups excluding carboxylic acids is 2. The summed E-state index contributed by atoms with van der Waals surface area (Å²) in [6, 6.07) is 23.4. The molecule has 0 aromatic heterocycles. The van der Waals surface area contributed by atoms with Crippen LogP contribution in [0.15, 0.2) is 78.9 Å².